The summed E-state index contributed by atoms with van der Waals surface area (Å²) in [4.78, 5) is 14.3. The molecule has 2 heterocycles. The molecule has 0 radical (unpaired) electrons. The van der Waals surface area contributed by atoms with Crippen LogP contribution in [-0.2, 0) is 4.79 Å². The van der Waals surface area contributed by atoms with Crippen molar-refractivity contribution in [1.29, 1.82) is 0 Å². The van der Waals surface area contributed by atoms with Gasteiger partial charge in [-0.2, -0.15) is 5.10 Å². The Morgan fingerprint density at radius 1 is 0.970 bits per heavy atom. The van der Waals surface area contributed by atoms with Crippen LogP contribution < -0.4 is 14.6 Å². The largest absolute Gasteiger partial charge is 0.456 e. The summed E-state index contributed by atoms with van der Waals surface area (Å²) < 4.78 is 5.91. The van der Waals surface area contributed by atoms with E-state index < -0.39 is 4.99 Å². The molecule has 1 amide bonds. The number of halogens is 2. The first-order chi connectivity index (χ1) is 15.9. The van der Waals surface area contributed by atoms with E-state index >= 15 is 0 Å². The summed E-state index contributed by atoms with van der Waals surface area (Å²) in [5.41, 5.74) is 3.92. The highest BCUT2D eigenvalue weighted by atomic mass is 35.5. The SMILES string of the molecule is CC1=NN(c2ccc(C)cc2)C2(C1)SCC(=O)N2c1ccc(Oc2ccc(Cl)cc2Cl)cc1. The fourth-order valence-electron chi connectivity index (χ4n) is 4.12. The van der Waals surface area contributed by atoms with Crippen LogP contribution in [0.15, 0.2) is 71.8 Å². The number of hydrazone groups is 1. The number of anilines is 2. The van der Waals surface area contributed by atoms with Crippen molar-refractivity contribution in [2.75, 3.05) is 15.7 Å². The van der Waals surface area contributed by atoms with E-state index in [0.717, 1.165) is 17.1 Å². The first kappa shape index (κ1) is 22.1. The number of benzene rings is 3. The minimum Gasteiger partial charge on any atom is -0.456 e. The van der Waals surface area contributed by atoms with Gasteiger partial charge in [-0.15, -0.1) is 0 Å². The highest BCUT2D eigenvalue weighted by Crippen LogP contribution is 2.50. The summed E-state index contributed by atoms with van der Waals surface area (Å²) in [6.07, 6.45) is 0.663. The van der Waals surface area contributed by atoms with Crippen molar-refractivity contribution < 1.29 is 9.53 Å². The molecule has 5 rings (SSSR count). The van der Waals surface area contributed by atoms with Crippen LogP contribution in [-0.4, -0.2) is 22.4 Å². The summed E-state index contributed by atoms with van der Waals surface area (Å²) in [5.74, 6) is 1.58. The molecule has 0 aromatic heterocycles. The van der Waals surface area contributed by atoms with Gasteiger partial charge in [-0.05, 0) is 68.4 Å². The van der Waals surface area contributed by atoms with E-state index in [9.17, 15) is 4.79 Å². The van der Waals surface area contributed by atoms with Crippen molar-refractivity contribution in [3.05, 3.63) is 82.3 Å². The maximum Gasteiger partial charge on any atom is 0.239 e. The molecule has 168 valence electrons. The molecule has 8 heteroatoms. The molecule has 2 aliphatic heterocycles. The number of hydrogen-bond acceptors (Lipinski definition) is 5. The molecule has 33 heavy (non-hydrogen) atoms. The minimum absolute atomic E-state index is 0.0522. The number of thioether (sulfide) groups is 1. The Morgan fingerprint density at radius 2 is 1.67 bits per heavy atom. The Kier molecular flexibility index (Phi) is 5.77. The monoisotopic (exact) mass is 497 g/mol. The standard InChI is InChI=1S/C25H21Cl2N3O2S/c1-16-3-6-20(7-4-16)30-25(14-17(2)28-30)29(24(31)15-33-25)19-8-10-21(11-9-19)32-23-12-5-18(26)13-22(23)27/h3-13H,14-15H2,1-2H3. The van der Waals surface area contributed by atoms with Gasteiger partial charge in [0.25, 0.3) is 0 Å². The van der Waals surface area contributed by atoms with Crippen molar-refractivity contribution in [2.45, 2.75) is 25.3 Å². The third-order valence-electron chi connectivity index (χ3n) is 5.61. The molecule has 3 aromatic carbocycles. The number of ether oxygens (including phenoxy) is 1. The molecule has 0 aliphatic carbocycles. The lowest BCUT2D eigenvalue weighted by molar-refractivity contribution is -0.116. The Bertz CT molecular complexity index is 1250. The molecule has 0 saturated carbocycles. The van der Waals surface area contributed by atoms with Gasteiger partial charge in [-0.25, -0.2) is 5.01 Å². The van der Waals surface area contributed by atoms with Gasteiger partial charge in [0.2, 0.25) is 5.91 Å². The first-order valence-corrected chi connectivity index (χ1v) is 12.2. The zero-order valence-electron chi connectivity index (χ0n) is 18.1. The van der Waals surface area contributed by atoms with Crippen molar-refractivity contribution in [2.24, 2.45) is 5.10 Å². The van der Waals surface area contributed by atoms with Crippen LogP contribution in [0.25, 0.3) is 0 Å². The number of amides is 1. The van der Waals surface area contributed by atoms with E-state index in [-0.39, 0.29) is 5.91 Å². The fourth-order valence-corrected chi connectivity index (χ4v) is 5.97. The van der Waals surface area contributed by atoms with Crippen molar-refractivity contribution in [1.82, 2.24) is 0 Å². The number of hydrogen-bond donors (Lipinski definition) is 0. The molecule has 0 N–H and O–H groups in total. The van der Waals surface area contributed by atoms with Gasteiger partial charge in [0, 0.05) is 22.8 Å². The van der Waals surface area contributed by atoms with E-state index in [1.807, 2.05) is 53.2 Å². The maximum atomic E-state index is 13.1. The summed E-state index contributed by atoms with van der Waals surface area (Å²) >= 11 is 13.8. The van der Waals surface area contributed by atoms with Crippen LogP contribution in [0.3, 0.4) is 0 Å². The number of carbonyl (C=O) groups excluding carboxylic acids is 1. The summed E-state index contributed by atoms with van der Waals surface area (Å²) in [7, 11) is 0. The molecule has 1 saturated heterocycles. The second-order valence-corrected chi connectivity index (χ2v) is 10.2. The van der Waals surface area contributed by atoms with Crippen LogP contribution in [0.5, 0.6) is 11.5 Å². The Balaban J connectivity index is 1.46. The highest BCUT2D eigenvalue weighted by Gasteiger charge is 2.55. The normalized spacial score (nSPS) is 20.0. The summed E-state index contributed by atoms with van der Waals surface area (Å²) in [6.45, 7) is 4.06. The average Bonchev–Trinajstić information content (AvgIpc) is 3.30. The smallest absolute Gasteiger partial charge is 0.239 e. The maximum absolute atomic E-state index is 13.1. The predicted molar refractivity (Wildman–Crippen MR) is 137 cm³/mol. The number of nitrogens with zero attached hydrogens (tertiary/aromatic N) is 3. The Labute approximate surface area is 206 Å². The molecular weight excluding hydrogens is 477 g/mol. The molecule has 5 nitrogen and oxygen atoms in total. The molecule has 1 unspecified atom stereocenters. The lowest BCUT2D eigenvalue weighted by Gasteiger charge is -2.40. The predicted octanol–water partition coefficient (Wildman–Crippen LogP) is 7.11. The quantitative estimate of drug-likeness (QED) is 0.385. The van der Waals surface area contributed by atoms with Gasteiger partial charge >= 0.3 is 0 Å². The lowest BCUT2D eigenvalue weighted by atomic mass is 10.1. The van der Waals surface area contributed by atoms with Crippen LogP contribution in [0.2, 0.25) is 10.0 Å². The second kappa shape index (κ2) is 8.60. The van der Waals surface area contributed by atoms with Crippen molar-refractivity contribution >= 4 is 58.0 Å². The van der Waals surface area contributed by atoms with Gasteiger partial charge in [-0.3, -0.25) is 9.69 Å². The summed E-state index contributed by atoms with van der Waals surface area (Å²) in [5, 5.41) is 7.77. The lowest BCUT2D eigenvalue weighted by Crippen LogP contribution is -2.53. The third kappa shape index (κ3) is 4.07. The van der Waals surface area contributed by atoms with E-state index in [0.29, 0.717) is 33.7 Å². The van der Waals surface area contributed by atoms with Crippen LogP contribution in [0, 0.1) is 6.92 Å². The van der Waals surface area contributed by atoms with Crippen molar-refractivity contribution in [3.63, 3.8) is 0 Å². The molecular formula is C25H21Cl2N3O2S. The minimum atomic E-state index is -0.627. The third-order valence-corrected chi connectivity index (χ3v) is 7.49. The van der Waals surface area contributed by atoms with Crippen molar-refractivity contribution in [3.8, 4) is 11.5 Å². The zero-order valence-corrected chi connectivity index (χ0v) is 20.4. The number of aryl methyl sites for hydroxylation is 1. The second-order valence-electron chi connectivity index (χ2n) is 8.09. The zero-order chi connectivity index (χ0) is 23.2. The van der Waals surface area contributed by atoms with Crippen LogP contribution in [0.4, 0.5) is 11.4 Å². The number of carbonyl (C=O) groups is 1. The topological polar surface area (TPSA) is 45.1 Å². The Morgan fingerprint density at radius 3 is 2.36 bits per heavy atom. The molecule has 1 spiro atoms. The van der Waals surface area contributed by atoms with E-state index in [4.69, 9.17) is 33.0 Å². The van der Waals surface area contributed by atoms with Gasteiger partial charge in [0.15, 0.2) is 4.99 Å². The highest BCUT2D eigenvalue weighted by molar-refractivity contribution is 8.02. The van der Waals surface area contributed by atoms with E-state index in [1.54, 1.807) is 30.0 Å². The Hall–Kier alpha value is -2.67. The van der Waals surface area contributed by atoms with E-state index in [2.05, 4.69) is 19.1 Å². The van der Waals surface area contributed by atoms with Crippen LogP contribution in [0.1, 0.15) is 18.9 Å². The number of rotatable bonds is 4. The van der Waals surface area contributed by atoms with E-state index in [1.165, 1.54) is 5.56 Å². The van der Waals surface area contributed by atoms with Gasteiger partial charge < -0.3 is 4.74 Å². The van der Waals surface area contributed by atoms with Crippen LogP contribution >= 0.6 is 35.0 Å². The average molecular weight is 498 g/mol. The fraction of sp³-hybridized carbons (Fsp3) is 0.200. The molecule has 1 fully saturated rings. The molecule has 1 atom stereocenters. The molecule has 2 aliphatic rings. The van der Waals surface area contributed by atoms with Gasteiger partial charge in [0.05, 0.1) is 16.5 Å². The molecule has 0 bridgehead atoms. The first-order valence-electron chi connectivity index (χ1n) is 10.5. The van der Waals surface area contributed by atoms with Gasteiger partial charge in [0.1, 0.15) is 11.5 Å². The van der Waals surface area contributed by atoms with Gasteiger partial charge in [-0.1, -0.05) is 52.7 Å². The summed E-state index contributed by atoms with van der Waals surface area (Å²) in [6, 6.07) is 20.8. The molecule has 3 aromatic rings.